The molecule has 2 nitrogen and oxygen atoms in total. The molecule has 0 saturated carbocycles. The molecule has 0 spiro atoms. The molecule has 2 aliphatic rings. The summed E-state index contributed by atoms with van der Waals surface area (Å²) in [6.45, 7) is 15.4. The molecule has 1 heterocycles. The van der Waals surface area contributed by atoms with Crippen molar-refractivity contribution < 1.29 is 9.31 Å². The summed E-state index contributed by atoms with van der Waals surface area (Å²) < 4.78 is 13.0. The molecule has 2 aromatic rings. The van der Waals surface area contributed by atoms with E-state index in [9.17, 15) is 0 Å². The van der Waals surface area contributed by atoms with Gasteiger partial charge in [-0.25, -0.2) is 0 Å². The third-order valence-corrected chi connectivity index (χ3v) is 8.98. The van der Waals surface area contributed by atoms with Crippen LogP contribution in [0, 0.1) is 6.92 Å². The molecule has 1 saturated heterocycles. The molecule has 1 aliphatic carbocycles. The van der Waals surface area contributed by atoms with Crippen LogP contribution in [0.15, 0.2) is 36.4 Å². The van der Waals surface area contributed by atoms with Crippen LogP contribution in [0.2, 0.25) is 0 Å². The third kappa shape index (κ3) is 5.01. The predicted octanol–water partition coefficient (Wildman–Crippen LogP) is 8.50. The van der Waals surface area contributed by atoms with Gasteiger partial charge in [0, 0.05) is 5.41 Å². The molecule has 190 valence electrons. The van der Waals surface area contributed by atoms with Crippen molar-refractivity contribution in [1.29, 1.82) is 0 Å². The number of fused-ring (bicyclic) bond motifs is 3. The summed E-state index contributed by atoms with van der Waals surface area (Å²) in [7, 11) is -0.311. The van der Waals surface area contributed by atoms with E-state index in [2.05, 4.69) is 84.9 Å². The third-order valence-electron chi connectivity index (χ3n) is 8.98. The Morgan fingerprint density at radius 2 is 1.17 bits per heavy atom. The highest BCUT2D eigenvalue weighted by atomic mass is 16.7. The van der Waals surface area contributed by atoms with Gasteiger partial charge in [-0.1, -0.05) is 107 Å². The van der Waals surface area contributed by atoms with Crippen LogP contribution in [0.1, 0.15) is 122 Å². The minimum atomic E-state index is -0.325. The standard InChI is InChI=1S/C32H47BO2/c1-8-10-12-14-20-32(21-15-13-11-9-2)28-22-24(3)16-18-26(28)27-19-17-25(23-29(27)32)33-34-30(4,5)31(6,7)35-33/h16-19,22-23H,8-15,20-21H2,1-7H3. The maximum atomic E-state index is 6.48. The summed E-state index contributed by atoms with van der Waals surface area (Å²) in [5.41, 5.74) is 7.92. The van der Waals surface area contributed by atoms with E-state index < -0.39 is 0 Å². The fraction of sp³-hybridized carbons (Fsp3) is 0.625. The lowest BCUT2D eigenvalue weighted by molar-refractivity contribution is 0.00578. The zero-order valence-corrected chi connectivity index (χ0v) is 23.4. The van der Waals surface area contributed by atoms with Gasteiger partial charge in [0.25, 0.3) is 0 Å². The van der Waals surface area contributed by atoms with Crippen LogP contribution in [0.5, 0.6) is 0 Å². The van der Waals surface area contributed by atoms with Gasteiger partial charge >= 0.3 is 7.12 Å². The molecule has 0 unspecified atom stereocenters. The minimum absolute atomic E-state index is 0.0951. The fourth-order valence-corrected chi connectivity index (χ4v) is 6.12. The van der Waals surface area contributed by atoms with Crippen molar-refractivity contribution in [2.45, 2.75) is 129 Å². The second-order valence-corrected chi connectivity index (χ2v) is 12.1. The summed E-state index contributed by atoms with van der Waals surface area (Å²) in [4.78, 5) is 0. The van der Waals surface area contributed by atoms with Crippen LogP contribution in [0.25, 0.3) is 11.1 Å². The summed E-state index contributed by atoms with van der Waals surface area (Å²) in [6, 6.07) is 14.2. The summed E-state index contributed by atoms with van der Waals surface area (Å²) >= 11 is 0. The van der Waals surface area contributed by atoms with Crippen molar-refractivity contribution >= 4 is 12.6 Å². The Balaban J connectivity index is 1.77. The molecule has 3 heteroatoms. The number of rotatable bonds is 11. The molecule has 2 aromatic carbocycles. The van der Waals surface area contributed by atoms with Crippen molar-refractivity contribution in [1.82, 2.24) is 0 Å². The van der Waals surface area contributed by atoms with E-state index in [0.29, 0.717) is 0 Å². The number of benzene rings is 2. The topological polar surface area (TPSA) is 18.5 Å². The smallest absolute Gasteiger partial charge is 0.399 e. The maximum absolute atomic E-state index is 6.48. The average Bonchev–Trinajstić information content (AvgIpc) is 3.20. The van der Waals surface area contributed by atoms with E-state index in [1.54, 1.807) is 5.56 Å². The van der Waals surface area contributed by atoms with Crippen molar-refractivity contribution in [2.75, 3.05) is 0 Å². The molecule has 0 bridgehead atoms. The quantitative estimate of drug-likeness (QED) is 0.240. The SMILES string of the molecule is CCCCCCC1(CCCCCC)c2cc(C)ccc2-c2ccc(B3OC(C)(C)C(C)(C)O3)cc21. The van der Waals surface area contributed by atoms with Gasteiger partial charge in [-0.2, -0.15) is 0 Å². The van der Waals surface area contributed by atoms with Gasteiger partial charge < -0.3 is 9.31 Å². The Morgan fingerprint density at radius 3 is 1.71 bits per heavy atom. The largest absolute Gasteiger partial charge is 0.494 e. The maximum Gasteiger partial charge on any atom is 0.494 e. The molecule has 1 fully saturated rings. The van der Waals surface area contributed by atoms with Crippen molar-refractivity contribution in [3.8, 4) is 11.1 Å². The van der Waals surface area contributed by atoms with Crippen molar-refractivity contribution in [3.63, 3.8) is 0 Å². The van der Waals surface area contributed by atoms with E-state index in [1.807, 2.05) is 0 Å². The lowest BCUT2D eigenvalue weighted by Crippen LogP contribution is -2.41. The molecular formula is C32H47BO2. The Hall–Kier alpha value is -1.58. The van der Waals surface area contributed by atoms with Crippen LogP contribution in [-0.2, 0) is 14.7 Å². The Bertz CT molecular complexity index is 994. The van der Waals surface area contributed by atoms with Crippen LogP contribution < -0.4 is 5.46 Å². The zero-order valence-electron chi connectivity index (χ0n) is 23.4. The lowest BCUT2D eigenvalue weighted by Gasteiger charge is -2.33. The van der Waals surface area contributed by atoms with E-state index in [-0.39, 0.29) is 23.7 Å². The molecule has 35 heavy (non-hydrogen) atoms. The first-order valence-corrected chi connectivity index (χ1v) is 14.3. The first-order valence-electron chi connectivity index (χ1n) is 14.3. The molecule has 0 N–H and O–H groups in total. The summed E-state index contributed by atoms with van der Waals surface area (Å²) in [5, 5.41) is 0. The number of aryl methyl sites for hydroxylation is 1. The van der Waals surface area contributed by atoms with Crippen LogP contribution in [0.3, 0.4) is 0 Å². The van der Waals surface area contributed by atoms with Gasteiger partial charge in [0.05, 0.1) is 11.2 Å². The van der Waals surface area contributed by atoms with Gasteiger partial charge in [-0.15, -0.1) is 0 Å². The first kappa shape index (κ1) is 26.5. The van der Waals surface area contributed by atoms with E-state index in [0.717, 1.165) is 0 Å². The molecule has 1 aliphatic heterocycles. The summed E-state index contributed by atoms with van der Waals surface area (Å²) in [6.07, 6.45) is 12.9. The predicted molar refractivity (Wildman–Crippen MR) is 151 cm³/mol. The van der Waals surface area contributed by atoms with Crippen LogP contribution in [-0.4, -0.2) is 18.3 Å². The lowest BCUT2D eigenvalue weighted by atomic mass is 9.68. The highest BCUT2D eigenvalue weighted by molar-refractivity contribution is 6.62. The molecular weight excluding hydrogens is 427 g/mol. The molecule has 4 rings (SSSR count). The number of hydrogen-bond acceptors (Lipinski definition) is 2. The van der Waals surface area contributed by atoms with Crippen LogP contribution in [0.4, 0.5) is 0 Å². The highest BCUT2D eigenvalue weighted by Gasteiger charge is 2.52. The van der Waals surface area contributed by atoms with Gasteiger partial charge in [0.15, 0.2) is 0 Å². The number of hydrogen-bond donors (Lipinski definition) is 0. The van der Waals surface area contributed by atoms with Gasteiger partial charge in [0.1, 0.15) is 0 Å². The average molecular weight is 475 g/mol. The molecule has 0 atom stereocenters. The van der Waals surface area contributed by atoms with E-state index in [1.165, 1.54) is 91.9 Å². The van der Waals surface area contributed by atoms with Crippen molar-refractivity contribution in [3.05, 3.63) is 53.1 Å². The normalized spacial score (nSPS) is 19.1. The second kappa shape index (κ2) is 10.4. The minimum Gasteiger partial charge on any atom is -0.399 e. The Morgan fingerprint density at radius 1 is 0.657 bits per heavy atom. The number of unbranched alkanes of at least 4 members (excludes halogenated alkanes) is 6. The van der Waals surface area contributed by atoms with Crippen molar-refractivity contribution in [2.24, 2.45) is 0 Å². The Kier molecular flexibility index (Phi) is 7.89. The zero-order chi connectivity index (χ0) is 25.3. The summed E-state index contributed by atoms with van der Waals surface area (Å²) in [5.74, 6) is 0. The molecule has 0 radical (unpaired) electrons. The Labute approximate surface area is 215 Å². The monoisotopic (exact) mass is 474 g/mol. The van der Waals surface area contributed by atoms with Gasteiger partial charge in [0.2, 0.25) is 0 Å². The van der Waals surface area contributed by atoms with Crippen LogP contribution >= 0.6 is 0 Å². The fourth-order valence-electron chi connectivity index (χ4n) is 6.12. The second-order valence-electron chi connectivity index (χ2n) is 12.1. The highest BCUT2D eigenvalue weighted by Crippen LogP contribution is 2.54. The molecule has 0 amide bonds. The van der Waals surface area contributed by atoms with Gasteiger partial charge in [-0.05, 0) is 75.2 Å². The van der Waals surface area contributed by atoms with E-state index in [4.69, 9.17) is 9.31 Å². The van der Waals surface area contributed by atoms with E-state index >= 15 is 0 Å². The first-order chi connectivity index (χ1) is 16.6. The van der Waals surface area contributed by atoms with Gasteiger partial charge in [-0.3, -0.25) is 0 Å². The molecule has 0 aromatic heterocycles.